The standard InChI is InChI=1S/C6H6.3HI/c1-2-4-6-5-3-1;;;/h1-6H;3*1H. The zero-order valence-electron chi connectivity index (χ0n) is 4.69. The van der Waals surface area contributed by atoms with Gasteiger partial charge in [-0.05, 0) is 0 Å². The van der Waals surface area contributed by atoms with Gasteiger partial charge in [-0.2, -0.15) is 0 Å². The second-order valence-corrected chi connectivity index (χ2v) is 1.15. The fourth-order valence-electron chi connectivity index (χ4n) is 0.385. The SMILES string of the molecule is I.I.I.c1ccccc1. The summed E-state index contributed by atoms with van der Waals surface area (Å²) in [6.45, 7) is 0. The Labute approximate surface area is 107 Å². The molecule has 0 spiro atoms. The number of rotatable bonds is 0. The van der Waals surface area contributed by atoms with Gasteiger partial charge in [0.25, 0.3) is 0 Å². The van der Waals surface area contributed by atoms with Crippen molar-refractivity contribution < 1.29 is 0 Å². The van der Waals surface area contributed by atoms with Crippen molar-refractivity contribution in [1.82, 2.24) is 0 Å². The third kappa shape index (κ3) is 9.41. The lowest BCUT2D eigenvalue weighted by Gasteiger charge is -1.69. The maximum Gasteiger partial charge on any atom is -0.0623 e. The van der Waals surface area contributed by atoms with Crippen LogP contribution in [0.3, 0.4) is 0 Å². The molecule has 1 rings (SSSR count). The van der Waals surface area contributed by atoms with Crippen LogP contribution in [0.1, 0.15) is 0 Å². The number of benzene rings is 1. The van der Waals surface area contributed by atoms with Crippen molar-refractivity contribution >= 4 is 71.9 Å². The lowest BCUT2D eigenvalue weighted by Crippen LogP contribution is -1.47. The molecule has 0 aliphatic heterocycles. The van der Waals surface area contributed by atoms with Gasteiger partial charge < -0.3 is 0 Å². The monoisotopic (exact) mass is 462 g/mol. The highest BCUT2D eigenvalue weighted by Gasteiger charge is 1.57. The van der Waals surface area contributed by atoms with Crippen molar-refractivity contribution in [1.29, 1.82) is 0 Å². The number of hydrogen-bond acceptors (Lipinski definition) is 0. The summed E-state index contributed by atoms with van der Waals surface area (Å²) < 4.78 is 0. The van der Waals surface area contributed by atoms with Gasteiger partial charge in [-0.3, -0.25) is 0 Å². The summed E-state index contributed by atoms with van der Waals surface area (Å²) in [6, 6.07) is 12.0. The first-order valence-corrected chi connectivity index (χ1v) is 2.00. The van der Waals surface area contributed by atoms with E-state index in [9.17, 15) is 0 Å². The molecule has 0 fully saturated rings. The highest BCUT2D eigenvalue weighted by molar-refractivity contribution is 14.0. The van der Waals surface area contributed by atoms with Gasteiger partial charge in [-0.1, -0.05) is 36.4 Å². The summed E-state index contributed by atoms with van der Waals surface area (Å²) in [5, 5.41) is 0. The average Bonchev–Trinajstić information content (AvgIpc) is 1.72. The first-order chi connectivity index (χ1) is 3.00. The van der Waals surface area contributed by atoms with Crippen LogP contribution in [-0.2, 0) is 0 Å². The van der Waals surface area contributed by atoms with E-state index < -0.39 is 0 Å². The van der Waals surface area contributed by atoms with Gasteiger partial charge in [0, 0.05) is 0 Å². The molecule has 9 heavy (non-hydrogen) atoms. The second kappa shape index (κ2) is 12.1. The van der Waals surface area contributed by atoms with Crippen LogP contribution in [0.15, 0.2) is 36.4 Å². The molecule has 0 saturated carbocycles. The fourth-order valence-corrected chi connectivity index (χ4v) is 0.385. The smallest absolute Gasteiger partial charge is 0.0623 e. The molecule has 54 valence electrons. The summed E-state index contributed by atoms with van der Waals surface area (Å²) in [7, 11) is 0. The van der Waals surface area contributed by atoms with Gasteiger partial charge in [0.2, 0.25) is 0 Å². The summed E-state index contributed by atoms with van der Waals surface area (Å²) in [4.78, 5) is 0. The Balaban J connectivity index is -0.000000120. The van der Waals surface area contributed by atoms with Gasteiger partial charge in [0.15, 0.2) is 0 Å². The Bertz CT molecular complexity index is 80.2. The Morgan fingerprint density at radius 2 is 0.444 bits per heavy atom. The molecule has 0 amide bonds. The molecule has 1 aromatic rings. The van der Waals surface area contributed by atoms with E-state index >= 15 is 0 Å². The van der Waals surface area contributed by atoms with Gasteiger partial charge in [0.05, 0.1) is 0 Å². The molecule has 0 bridgehead atoms. The fraction of sp³-hybridized carbons (Fsp3) is 0. The maximum atomic E-state index is 2.00. The largest absolute Gasteiger partial charge is 0.107 e. The second-order valence-electron chi connectivity index (χ2n) is 1.15. The van der Waals surface area contributed by atoms with E-state index in [1.54, 1.807) is 0 Å². The molecule has 1 aromatic carbocycles. The molecule has 3 heteroatoms. The lowest BCUT2D eigenvalue weighted by molar-refractivity contribution is 1.72. The molecule has 0 nitrogen and oxygen atoms in total. The van der Waals surface area contributed by atoms with Crippen molar-refractivity contribution in [3.8, 4) is 0 Å². The minimum atomic E-state index is 0. The maximum absolute atomic E-state index is 2.00. The van der Waals surface area contributed by atoms with Crippen LogP contribution in [-0.4, -0.2) is 0 Å². The molecule has 0 aromatic heterocycles. The summed E-state index contributed by atoms with van der Waals surface area (Å²) in [5.41, 5.74) is 0. The molecule has 0 saturated heterocycles. The van der Waals surface area contributed by atoms with Crippen LogP contribution in [0.5, 0.6) is 0 Å². The van der Waals surface area contributed by atoms with Crippen molar-refractivity contribution in [2.24, 2.45) is 0 Å². The first kappa shape index (κ1) is 16.8. The third-order valence-electron chi connectivity index (χ3n) is 0.667. The first-order valence-electron chi connectivity index (χ1n) is 2.00. The third-order valence-corrected chi connectivity index (χ3v) is 0.667. The minimum absolute atomic E-state index is 0. The van der Waals surface area contributed by atoms with Crippen LogP contribution < -0.4 is 0 Å². The molecule has 0 atom stereocenters. The zero-order chi connectivity index (χ0) is 4.24. The number of halogens is 3. The van der Waals surface area contributed by atoms with Crippen molar-refractivity contribution in [3.05, 3.63) is 36.4 Å². The summed E-state index contributed by atoms with van der Waals surface area (Å²) in [5.74, 6) is 0. The Morgan fingerprint density at radius 1 is 0.333 bits per heavy atom. The normalized spacial score (nSPS) is 5.33. The predicted molar refractivity (Wildman–Crippen MR) is 72.7 cm³/mol. The topological polar surface area (TPSA) is 0 Å². The molecule has 0 aliphatic carbocycles. The van der Waals surface area contributed by atoms with E-state index in [1.807, 2.05) is 36.4 Å². The van der Waals surface area contributed by atoms with E-state index in [0.717, 1.165) is 0 Å². The quantitative estimate of drug-likeness (QED) is 0.519. The molecule has 0 aliphatic rings. The lowest BCUT2D eigenvalue weighted by atomic mass is 10.4. The molecule has 0 unspecified atom stereocenters. The summed E-state index contributed by atoms with van der Waals surface area (Å²) >= 11 is 0. The van der Waals surface area contributed by atoms with Crippen molar-refractivity contribution in [2.45, 2.75) is 0 Å². The number of hydrogen-bond donors (Lipinski definition) is 0. The van der Waals surface area contributed by atoms with Gasteiger partial charge in [-0.15, -0.1) is 71.9 Å². The van der Waals surface area contributed by atoms with Crippen molar-refractivity contribution in [3.63, 3.8) is 0 Å². The minimum Gasteiger partial charge on any atom is -0.107 e. The molecule has 0 N–H and O–H groups in total. The van der Waals surface area contributed by atoms with Crippen LogP contribution in [0.25, 0.3) is 0 Å². The van der Waals surface area contributed by atoms with Gasteiger partial charge in [0.1, 0.15) is 0 Å². The van der Waals surface area contributed by atoms with E-state index in [1.165, 1.54) is 0 Å². The Hall–Kier alpha value is 1.41. The van der Waals surface area contributed by atoms with E-state index in [0.29, 0.717) is 0 Å². The molecular formula is C6H9I3. The molecular weight excluding hydrogens is 453 g/mol. The van der Waals surface area contributed by atoms with E-state index in [-0.39, 0.29) is 71.9 Å². The molecule has 0 heterocycles. The highest BCUT2D eigenvalue weighted by Crippen LogP contribution is 1.79. The van der Waals surface area contributed by atoms with Crippen molar-refractivity contribution in [2.75, 3.05) is 0 Å². The predicted octanol–water partition coefficient (Wildman–Crippen LogP) is 3.54. The Morgan fingerprint density at radius 3 is 0.556 bits per heavy atom. The van der Waals surface area contributed by atoms with E-state index in [4.69, 9.17) is 0 Å². The van der Waals surface area contributed by atoms with Crippen LogP contribution in [0.4, 0.5) is 0 Å². The average molecular weight is 462 g/mol. The van der Waals surface area contributed by atoms with Crippen LogP contribution in [0, 0.1) is 0 Å². The summed E-state index contributed by atoms with van der Waals surface area (Å²) in [6.07, 6.45) is 0. The Kier molecular flexibility index (Phi) is 22.6. The molecule has 0 radical (unpaired) electrons. The van der Waals surface area contributed by atoms with E-state index in [2.05, 4.69) is 0 Å². The van der Waals surface area contributed by atoms with Crippen LogP contribution in [0.2, 0.25) is 0 Å². The zero-order valence-corrected chi connectivity index (χ0v) is 11.7. The van der Waals surface area contributed by atoms with Crippen LogP contribution >= 0.6 is 71.9 Å². The van der Waals surface area contributed by atoms with Gasteiger partial charge >= 0.3 is 0 Å². The van der Waals surface area contributed by atoms with Gasteiger partial charge in [-0.25, -0.2) is 0 Å². The highest BCUT2D eigenvalue weighted by atomic mass is 127.